The van der Waals surface area contributed by atoms with Gasteiger partial charge in [0.25, 0.3) is 0 Å². The van der Waals surface area contributed by atoms with Crippen LogP contribution in [0.15, 0.2) is 18.2 Å². The van der Waals surface area contributed by atoms with E-state index >= 15 is 0 Å². The average molecular weight is 228 g/mol. The highest BCUT2D eigenvalue weighted by atomic mass is 19.1. The van der Waals surface area contributed by atoms with Crippen LogP contribution < -0.4 is 4.74 Å². The first-order chi connectivity index (χ1) is 7.74. The molecule has 0 aliphatic rings. The van der Waals surface area contributed by atoms with Crippen LogP contribution in [0.25, 0.3) is 0 Å². The van der Waals surface area contributed by atoms with Crippen LogP contribution in [-0.4, -0.2) is 33.5 Å². The highest BCUT2D eigenvalue weighted by Gasteiger charge is 1.99. The molecule has 0 unspecified atom stereocenters. The summed E-state index contributed by atoms with van der Waals surface area (Å²) < 4.78 is 28.4. The minimum absolute atomic E-state index is 0.219. The van der Waals surface area contributed by atoms with Crippen molar-refractivity contribution in [2.45, 2.75) is 6.92 Å². The molecule has 0 radical (unpaired) electrons. The van der Waals surface area contributed by atoms with Crippen molar-refractivity contribution < 1.29 is 18.6 Å². The topological polar surface area (TPSA) is 27.7 Å². The van der Waals surface area contributed by atoms with E-state index < -0.39 is 0 Å². The van der Waals surface area contributed by atoms with Crippen molar-refractivity contribution in [3.63, 3.8) is 0 Å². The van der Waals surface area contributed by atoms with Gasteiger partial charge < -0.3 is 14.2 Å². The van der Waals surface area contributed by atoms with Crippen LogP contribution in [0.4, 0.5) is 4.39 Å². The van der Waals surface area contributed by atoms with E-state index in [1.54, 1.807) is 26.2 Å². The molecule has 0 heterocycles. The number of aryl methyl sites for hydroxylation is 1. The first kappa shape index (κ1) is 12.9. The predicted molar refractivity (Wildman–Crippen MR) is 59.3 cm³/mol. The molecule has 0 spiro atoms. The second-order valence-electron chi connectivity index (χ2n) is 3.36. The molecule has 0 saturated carbocycles. The molecular weight excluding hydrogens is 211 g/mol. The molecule has 0 N–H and O–H groups in total. The van der Waals surface area contributed by atoms with Crippen LogP contribution >= 0.6 is 0 Å². The average Bonchev–Trinajstić information content (AvgIpc) is 2.28. The summed E-state index contributed by atoms with van der Waals surface area (Å²) in [6.45, 7) is 3.80. The quantitative estimate of drug-likeness (QED) is 0.669. The molecule has 16 heavy (non-hydrogen) atoms. The van der Waals surface area contributed by atoms with Gasteiger partial charge in [0.05, 0.1) is 19.8 Å². The summed E-state index contributed by atoms with van der Waals surface area (Å²) >= 11 is 0. The van der Waals surface area contributed by atoms with Gasteiger partial charge in [0.1, 0.15) is 18.2 Å². The van der Waals surface area contributed by atoms with Gasteiger partial charge in [-0.1, -0.05) is 0 Å². The molecular formula is C12H17FO3. The molecule has 1 aromatic rings. The summed E-state index contributed by atoms with van der Waals surface area (Å²) in [5.74, 6) is 0.443. The van der Waals surface area contributed by atoms with Crippen LogP contribution in [0.2, 0.25) is 0 Å². The Morgan fingerprint density at radius 2 is 1.88 bits per heavy atom. The lowest BCUT2D eigenvalue weighted by atomic mass is 10.2. The molecule has 0 aliphatic heterocycles. The number of hydrogen-bond acceptors (Lipinski definition) is 3. The number of halogens is 1. The van der Waals surface area contributed by atoms with E-state index in [-0.39, 0.29) is 5.82 Å². The number of ether oxygens (including phenoxy) is 3. The summed E-state index contributed by atoms with van der Waals surface area (Å²) in [5.41, 5.74) is 0.581. The first-order valence-electron chi connectivity index (χ1n) is 5.19. The van der Waals surface area contributed by atoms with E-state index in [9.17, 15) is 4.39 Å². The van der Waals surface area contributed by atoms with E-state index in [1.165, 1.54) is 6.07 Å². The van der Waals surface area contributed by atoms with Crippen molar-refractivity contribution in [2.24, 2.45) is 0 Å². The van der Waals surface area contributed by atoms with Crippen molar-refractivity contribution in [1.82, 2.24) is 0 Å². The van der Waals surface area contributed by atoms with Crippen LogP contribution in [0.1, 0.15) is 5.56 Å². The second kappa shape index (κ2) is 7.19. The Labute approximate surface area is 95.1 Å². The highest BCUT2D eigenvalue weighted by Crippen LogP contribution is 2.15. The van der Waals surface area contributed by atoms with Crippen molar-refractivity contribution in [1.29, 1.82) is 0 Å². The largest absolute Gasteiger partial charge is 0.491 e. The van der Waals surface area contributed by atoms with Gasteiger partial charge in [0.15, 0.2) is 0 Å². The van der Waals surface area contributed by atoms with Gasteiger partial charge in [-0.25, -0.2) is 4.39 Å². The minimum atomic E-state index is -0.219. The van der Waals surface area contributed by atoms with Gasteiger partial charge in [-0.3, -0.25) is 0 Å². The summed E-state index contributed by atoms with van der Waals surface area (Å²) in [7, 11) is 1.63. The summed E-state index contributed by atoms with van der Waals surface area (Å²) in [5, 5.41) is 0. The zero-order valence-electron chi connectivity index (χ0n) is 9.66. The molecule has 0 aromatic heterocycles. The Balaban J connectivity index is 2.19. The van der Waals surface area contributed by atoms with Gasteiger partial charge in [-0.15, -0.1) is 0 Å². The van der Waals surface area contributed by atoms with Crippen molar-refractivity contribution in [3.05, 3.63) is 29.6 Å². The Hall–Kier alpha value is -1.13. The van der Waals surface area contributed by atoms with Crippen molar-refractivity contribution in [3.8, 4) is 5.75 Å². The molecule has 4 heteroatoms. The van der Waals surface area contributed by atoms with Crippen molar-refractivity contribution >= 4 is 0 Å². The molecule has 0 aliphatic carbocycles. The third-order valence-corrected chi connectivity index (χ3v) is 2.06. The summed E-state index contributed by atoms with van der Waals surface area (Å²) in [6, 6.07) is 4.68. The normalized spacial score (nSPS) is 10.4. The van der Waals surface area contributed by atoms with Gasteiger partial charge in [0, 0.05) is 7.11 Å². The maximum atomic E-state index is 12.9. The lowest BCUT2D eigenvalue weighted by Crippen LogP contribution is -2.10. The van der Waals surface area contributed by atoms with E-state index in [0.29, 0.717) is 37.7 Å². The monoisotopic (exact) mass is 228 g/mol. The number of benzene rings is 1. The van der Waals surface area contributed by atoms with Gasteiger partial charge in [-0.05, 0) is 30.7 Å². The molecule has 0 saturated heterocycles. The molecule has 0 fully saturated rings. The Morgan fingerprint density at radius 3 is 2.56 bits per heavy atom. The SMILES string of the molecule is COCCOCCOc1ccc(F)c(C)c1. The molecule has 3 nitrogen and oxygen atoms in total. The fourth-order valence-electron chi connectivity index (χ4n) is 1.17. The molecule has 0 atom stereocenters. The Morgan fingerprint density at radius 1 is 1.12 bits per heavy atom. The zero-order valence-corrected chi connectivity index (χ0v) is 9.66. The first-order valence-corrected chi connectivity index (χ1v) is 5.19. The second-order valence-corrected chi connectivity index (χ2v) is 3.36. The highest BCUT2D eigenvalue weighted by molar-refractivity contribution is 5.28. The van der Waals surface area contributed by atoms with Crippen LogP contribution in [-0.2, 0) is 9.47 Å². The molecule has 0 amide bonds. The summed E-state index contributed by atoms with van der Waals surface area (Å²) in [6.07, 6.45) is 0. The van der Waals surface area contributed by atoms with Gasteiger partial charge in [0.2, 0.25) is 0 Å². The lowest BCUT2D eigenvalue weighted by molar-refractivity contribution is 0.0544. The van der Waals surface area contributed by atoms with Gasteiger partial charge in [-0.2, -0.15) is 0 Å². The zero-order chi connectivity index (χ0) is 11.8. The molecule has 1 aromatic carbocycles. The van der Waals surface area contributed by atoms with Crippen LogP contribution in [0, 0.1) is 12.7 Å². The third-order valence-electron chi connectivity index (χ3n) is 2.06. The van der Waals surface area contributed by atoms with Crippen molar-refractivity contribution in [2.75, 3.05) is 33.5 Å². The minimum Gasteiger partial charge on any atom is -0.491 e. The van der Waals surface area contributed by atoms with E-state index in [4.69, 9.17) is 14.2 Å². The fourth-order valence-corrected chi connectivity index (χ4v) is 1.17. The number of hydrogen-bond donors (Lipinski definition) is 0. The Kier molecular flexibility index (Phi) is 5.82. The van der Waals surface area contributed by atoms with Crippen LogP contribution in [0.5, 0.6) is 5.75 Å². The maximum Gasteiger partial charge on any atom is 0.126 e. The molecule has 1 rings (SSSR count). The van der Waals surface area contributed by atoms with Gasteiger partial charge >= 0.3 is 0 Å². The maximum absolute atomic E-state index is 12.9. The third kappa shape index (κ3) is 4.59. The fraction of sp³-hybridized carbons (Fsp3) is 0.500. The van der Waals surface area contributed by atoms with Crippen LogP contribution in [0.3, 0.4) is 0 Å². The number of methoxy groups -OCH3 is 1. The Bertz CT molecular complexity index is 315. The smallest absolute Gasteiger partial charge is 0.126 e. The standard InChI is InChI=1S/C12H17FO3/c1-10-9-11(3-4-12(10)13)16-8-7-15-6-5-14-2/h3-4,9H,5-8H2,1-2H3. The molecule has 90 valence electrons. The van der Waals surface area contributed by atoms with E-state index in [0.717, 1.165) is 0 Å². The molecule has 0 bridgehead atoms. The lowest BCUT2D eigenvalue weighted by Gasteiger charge is -2.07. The van der Waals surface area contributed by atoms with E-state index in [1.807, 2.05) is 0 Å². The number of rotatable bonds is 7. The van der Waals surface area contributed by atoms with E-state index in [2.05, 4.69) is 0 Å². The summed E-state index contributed by atoms with van der Waals surface area (Å²) in [4.78, 5) is 0. The predicted octanol–water partition coefficient (Wildman–Crippen LogP) is 2.18.